The van der Waals surface area contributed by atoms with Crippen molar-refractivity contribution in [3.63, 3.8) is 0 Å². The highest BCUT2D eigenvalue weighted by Gasteiger charge is 2.36. The number of likely N-dealkylation sites (N-methyl/N-ethyl adjacent to an activating group) is 1. The molecule has 2 aromatic rings. The van der Waals surface area contributed by atoms with E-state index in [1.54, 1.807) is 32.4 Å². The molecule has 0 aliphatic carbocycles. The molecule has 0 atom stereocenters. The zero-order valence-corrected chi connectivity index (χ0v) is 22.4. The number of aryl methyl sites for hydroxylation is 1. The number of piperidine rings is 1. The number of anilines is 1. The lowest BCUT2D eigenvalue weighted by atomic mass is 9.90. The van der Waals surface area contributed by atoms with E-state index in [0.29, 0.717) is 23.6 Å². The molecule has 7 nitrogen and oxygen atoms in total. The van der Waals surface area contributed by atoms with Crippen LogP contribution >= 0.6 is 0 Å². The second-order valence-electron chi connectivity index (χ2n) is 9.27. The molecular formula is C29H36F3N5O2. The van der Waals surface area contributed by atoms with E-state index in [1.807, 2.05) is 24.3 Å². The molecule has 1 heterocycles. The van der Waals surface area contributed by atoms with Gasteiger partial charge < -0.3 is 20.7 Å². The summed E-state index contributed by atoms with van der Waals surface area (Å²) >= 11 is 0. The minimum absolute atomic E-state index is 0.000904. The molecule has 2 aromatic carbocycles. The summed E-state index contributed by atoms with van der Waals surface area (Å²) < 4.78 is 47.4. The molecule has 0 spiro atoms. The second-order valence-corrected chi connectivity index (χ2v) is 9.27. The van der Waals surface area contributed by atoms with Crippen LogP contribution in [0.25, 0.3) is 0 Å². The first-order chi connectivity index (χ1) is 18.8. The average Bonchev–Trinajstić information content (AvgIpc) is 2.94. The van der Waals surface area contributed by atoms with E-state index in [1.165, 1.54) is 5.56 Å². The molecule has 0 radical (unpaired) electrons. The number of amides is 1. The monoisotopic (exact) mass is 543 g/mol. The van der Waals surface area contributed by atoms with Crippen molar-refractivity contribution in [1.82, 2.24) is 10.6 Å². The van der Waals surface area contributed by atoms with E-state index in [0.717, 1.165) is 37.1 Å². The van der Waals surface area contributed by atoms with E-state index in [-0.39, 0.29) is 37.6 Å². The zero-order chi connectivity index (χ0) is 28.3. The highest BCUT2D eigenvalue weighted by atomic mass is 19.4. The molecule has 0 aromatic heterocycles. The Hall–Kier alpha value is -3.66. The highest BCUT2D eigenvalue weighted by Crippen LogP contribution is 2.33. The van der Waals surface area contributed by atoms with Crippen LogP contribution < -0.4 is 20.7 Å². The summed E-state index contributed by atoms with van der Waals surface area (Å²) in [5.41, 5.74) is 2.27. The number of rotatable bonds is 12. The Bertz CT molecular complexity index is 1190. The summed E-state index contributed by atoms with van der Waals surface area (Å²) in [6.07, 6.45) is -1.47. The van der Waals surface area contributed by atoms with Gasteiger partial charge in [0.2, 0.25) is 5.91 Å². The summed E-state index contributed by atoms with van der Waals surface area (Å²) in [6.45, 7) is 5.05. The number of hydrogen-bond acceptors (Lipinski definition) is 6. The number of carbonyl (C=O) groups excluding carboxylic acids is 1. The van der Waals surface area contributed by atoms with Gasteiger partial charge in [-0.1, -0.05) is 30.3 Å². The number of halogens is 3. The number of nitrogens with one attached hydrogen (secondary N) is 3. The van der Waals surface area contributed by atoms with E-state index in [9.17, 15) is 18.0 Å². The molecule has 3 rings (SSSR count). The molecule has 1 fully saturated rings. The molecule has 1 aliphatic rings. The van der Waals surface area contributed by atoms with E-state index < -0.39 is 11.7 Å². The van der Waals surface area contributed by atoms with Gasteiger partial charge in [-0.25, -0.2) is 0 Å². The van der Waals surface area contributed by atoms with Gasteiger partial charge in [-0.15, -0.1) is 0 Å². The number of hydrogen-bond donors (Lipinski definition) is 3. The van der Waals surface area contributed by atoms with Crippen LogP contribution in [0.1, 0.15) is 41.9 Å². The Kier molecular flexibility index (Phi) is 11.1. The highest BCUT2D eigenvalue weighted by molar-refractivity contribution is 6.01. The first-order valence-corrected chi connectivity index (χ1v) is 12.9. The van der Waals surface area contributed by atoms with Gasteiger partial charge >= 0.3 is 6.18 Å². The molecule has 0 unspecified atom stereocenters. The van der Waals surface area contributed by atoms with Crippen LogP contribution in [0.3, 0.4) is 0 Å². The lowest BCUT2D eigenvalue weighted by molar-refractivity contribution is -0.119. The molecule has 210 valence electrons. The maximum atomic E-state index is 13.9. The maximum Gasteiger partial charge on any atom is 0.419 e. The molecule has 3 N–H and O–H groups in total. The minimum Gasteiger partial charge on any atom is -0.495 e. The van der Waals surface area contributed by atoms with Crippen LogP contribution in [0, 0.1) is 0 Å². The fourth-order valence-corrected chi connectivity index (χ4v) is 4.67. The Morgan fingerprint density at radius 3 is 2.54 bits per heavy atom. The van der Waals surface area contributed by atoms with Gasteiger partial charge in [0.05, 0.1) is 30.5 Å². The number of nitrogens with zero attached hydrogens (tertiary/aromatic N) is 2. The van der Waals surface area contributed by atoms with Crippen LogP contribution in [0.5, 0.6) is 5.75 Å². The lowest BCUT2D eigenvalue weighted by Gasteiger charge is -2.24. The van der Waals surface area contributed by atoms with Crippen molar-refractivity contribution in [2.75, 3.05) is 39.2 Å². The van der Waals surface area contributed by atoms with Crippen LogP contribution in [0.15, 0.2) is 64.2 Å². The van der Waals surface area contributed by atoms with Crippen molar-refractivity contribution in [2.24, 2.45) is 9.98 Å². The minimum atomic E-state index is -4.66. The summed E-state index contributed by atoms with van der Waals surface area (Å²) in [5.74, 6) is 0.883. The topological polar surface area (TPSA) is 87.1 Å². The zero-order valence-electron chi connectivity index (χ0n) is 22.4. The van der Waals surface area contributed by atoms with Crippen LogP contribution in [0.2, 0.25) is 0 Å². The number of benzene rings is 2. The third-order valence-electron chi connectivity index (χ3n) is 6.79. The largest absolute Gasteiger partial charge is 0.495 e. The smallest absolute Gasteiger partial charge is 0.419 e. The van der Waals surface area contributed by atoms with Gasteiger partial charge in [-0.2, -0.15) is 13.2 Å². The predicted molar refractivity (Wildman–Crippen MR) is 150 cm³/mol. The summed E-state index contributed by atoms with van der Waals surface area (Å²) in [4.78, 5) is 19.6. The number of aliphatic imine (C=N–C) groups is 2. The first-order valence-electron chi connectivity index (χ1n) is 12.9. The summed E-state index contributed by atoms with van der Waals surface area (Å²) in [5, 5.41) is 9.03. The van der Waals surface area contributed by atoms with Gasteiger partial charge in [0.15, 0.2) is 0 Å². The lowest BCUT2D eigenvalue weighted by Crippen LogP contribution is -2.26. The summed E-state index contributed by atoms with van der Waals surface area (Å²) in [7, 11) is 3.11. The number of carbonyl (C=O) groups is 1. The van der Waals surface area contributed by atoms with Gasteiger partial charge in [-0.05, 0) is 80.2 Å². The van der Waals surface area contributed by atoms with Crippen LogP contribution in [-0.2, 0) is 17.6 Å². The third-order valence-corrected chi connectivity index (χ3v) is 6.79. The number of ether oxygens (including phenoxy) is 1. The van der Waals surface area contributed by atoms with Gasteiger partial charge in [0.1, 0.15) is 12.4 Å². The van der Waals surface area contributed by atoms with Crippen LogP contribution in [0.4, 0.5) is 18.9 Å². The predicted octanol–water partition coefficient (Wildman–Crippen LogP) is 5.04. The second kappa shape index (κ2) is 14.5. The Labute approximate surface area is 227 Å². The van der Waals surface area contributed by atoms with Gasteiger partial charge in [0, 0.05) is 13.2 Å². The molecule has 1 aliphatic heterocycles. The van der Waals surface area contributed by atoms with Crippen molar-refractivity contribution in [2.45, 2.75) is 44.2 Å². The van der Waals surface area contributed by atoms with Crippen molar-refractivity contribution in [3.8, 4) is 5.75 Å². The molecular weight excluding hydrogens is 507 g/mol. The van der Waals surface area contributed by atoms with E-state index in [2.05, 4.69) is 32.7 Å². The Morgan fingerprint density at radius 2 is 1.90 bits per heavy atom. The average molecular weight is 544 g/mol. The van der Waals surface area contributed by atoms with Crippen molar-refractivity contribution < 1.29 is 22.7 Å². The fraction of sp³-hybridized carbons (Fsp3) is 0.414. The molecule has 10 heteroatoms. The summed E-state index contributed by atoms with van der Waals surface area (Å²) in [6, 6.07) is 13.1. The van der Waals surface area contributed by atoms with Crippen molar-refractivity contribution in [1.29, 1.82) is 0 Å². The van der Waals surface area contributed by atoms with E-state index >= 15 is 0 Å². The van der Waals surface area contributed by atoms with E-state index in [4.69, 9.17) is 4.74 Å². The standard InChI is InChI=1S/C29H36F3N5O2/c1-33-18-24(29(30,31)32)25(10-8-20-6-4-5-7-22(20)17-28(38)34-2)36-19-37-26-11-9-23(16-27(26)39-3)21-12-14-35-15-13-21/h4-7,9,11,16,18,21,35,37H,1,8,10,12-15,17,19H2,2-3H3,(H,34,38)/b24-18+,36-25-. The number of allylic oxidation sites excluding steroid dienone is 1. The maximum absolute atomic E-state index is 13.9. The molecule has 0 saturated carbocycles. The number of methoxy groups -OCH3 is 1. The molecule has 39 heavy (non-hydrogen) atoms. The molecule has 0 bridgehead atoms. The molecule has 1 saturated heterocycles. The normalized spacial score (nSPS) is 15.1. The molecule has 1 amide bonds. The quantitative estimate of drug-likeness (QED) is 0.328. The Balaban J connectivity index is 1.81. The first kappa shape index (κ1) is 29.9. The van der Waals surface area contributed by atoms with Crippen molar-refractivity contribution >= 4 is 24.0 Å². The fourth-order valence-electron chi connectivity index (χ4n) is 4.67. The van der Waals surface area contributed by atoms with Gasteiger partial charge in [-0.3, -0.25) is 14.8 Å². The van der Waals surface area contributed by atoms with Gasteiger partial charge in [0.25, 0.3) is 0 Å². The Morgan fingerprint density at radius 1 is 1.18 bits per heavy atom. The number of alkyl halides is 3. The van der Waals surface area contributed by atoms with Crippen molar-refractivity contribution in [3.05, 3.63) is 70.9 Å². The van der Waals surface area contributed by atoms with Crippen LogP contribution in [-0.4, -0.2) is 58.4 Å². The SMILES string of the molecule is C=N/C=C(\C(CCc1ccccc1CC(=O)NC)=N/CNc1ccc(C2CCNCC2)cc1OC)C(F)(F)F. The third kappa shape index (κ3) is 8.68.